The number of carbonyl (C=O) groups is 3. The van der Waals surface area contributed by atoms with Crippen LogP contribution in [0.2, 0.25) is 0 Å². The van der Waals surface area contributed by atoms with Crippen LogP contribution in [0.3, 0.4) is 0 Å². The Morgan fingerprint density at radius 1 is 1.12 bits per heavy atom. The number of carbonyl (C=O) groups excluding carboxylic acids is 3. The van der Waals surface area contributed by atoms with Gasteiger partial charge in [-0.1, -0.05) is 38.5 Å². The van der Waals surface area contributed by atoms with Gasteiger partial charge in [-0.05, 0) is 53.0 Å². The van der Waals surface area contributed by atoms with Crippen molar-refractivity contribution in [2.75, 3.05) is 0 Å². The summed E-state index contributed by atoms with van der Waals surface area (Å²) in [5.41, 5.74) is -0.0381. The van der Waals surface area contributed by atoms with E-state index in [-0.39, 0.29) is 23.3 Å². The fourth-order valence-electron chi connectivity index (χ4n) is 3.03. The van der Waals surface area contributed by atoms with Crippen LogP contribution in [0.25, 0.3) is 0 Å². The lowest BCUT2D eigenvalue weighted by molar-refractivity contribution is -0.139. The molecule has 0 fully saturated rings. The Balaban J connectivity index is 3.43. The Labute approximate surface area is 190 Å². The molecule has 2 atom stereocenters. The molecule has 0 aliphatic carbocycles. The van der Waals surface area contributed by atoms with Crippen molar-refractivity contribution >= 4 is 17.9 Å². The van der Waals surface area contributed by atoms with Crippen molar-refractivity contribution in [2.24, 2.45) is 5.92 Å². The molecular weight excluding hydrogens is 410 g/mol. The Hall–Kier alpha value is -3.21. The molecule has 1 aromatic rings. The molecule has 0 saturated heterocycles. The summed E-state index contributed by atoms with van der Waals surface area (Å²) < 4.78 is 5.27. The smallest absolute Gasteiger partial charge is 0.408 e. The number of amides is 3. The normalized spacial score (nSPS) is 13.2. The van der Waals surface area contributed by atoms with Crippen LogP contribution < -0.4 is 10.6 Å². The number of benzene rings is 1. The van der Waals surface area contributed by atoms with Crippen LogP contribution in [-0.2, 0) is 14.3 Å². The third-order valence-electron chi connectivity index (χ3n) is 4.48. The maximum absolute atomic E-state index is 13.5. The number of terminal acetylenes is 1. The molecule has 0 radical (unpaired) electrons. The van der Waals surface area contributed by atoms with Gasteiger partial charge in [0.05, 0.1) is 0 Å². The number of rotatable bonds is 7. The third-order valence-corrected chi connectivity index (χ3v) is 4.48. The maximum Gasteiger partial charge on any atom is 0.408 e. The van der Waals surface area contributed by atoms with E-state index in [0.29, 0.717) is 5.56 Å². The van der Waals surface area contributed by atoms with Crippen LogP contribution in [0, 0.1) is 25.3 Å². The summed E-state index contributed by atoms with van der Waals surface area (Å²) in [4.78, 5) is 39.8. The second-order valence-corrected chi connectivity index (χ2v) is 9.28. The van der Waals surface area contributed by atoms with Crippen LogP contribution >= 0.6 is 0 Å². The van der Waals surface area contributed by atoms with Gasteiger partial charge < -0.3 is 20.5 Å². The minimum absolute atomic E-state index is 0.134. The number of nitrogens with zero attached hydrogens (tertiary/aromatic N) is 1. The largest absolute Gasteiger partial charge is 0.507 e. The molecule has 3 amide bonds. The van der Waals surface area contributed by atoms with Gasteiger partial charge in [-0.15, -0.1) is 0 Å². The number of alkyl carbamates (subject to hydrolysis) is 1. The SMILES string of the molecule is C#CN(C(=O)C(NC(=O)OC(C)(C)C)C(C)C)C(C(=O)NC(C)C)c1cccc(C)c1O. The Bertz CT molecular complexity index is 881. The number of hydrogen-bond donors (Lipinski definition) is 3. The van der Waals surface area contributed by atoms with Gasteiger partial charge in [0, 0.05) is 17.6 Å². The van der Waals surface area contributed by atoms with Crippen molar-refractivity contribution in [3.63, 3.8) is 0 Å². The van der Waals surface area contributed by atoms with Crippen LogP contribution in [0.15, 0.2) is 18.2 Å². The molecule has 1 rings (SSSR count). The minimum atomic E-state index is -1.29. The van der Waals surface area contributed by atoms with Gasteiger partial charge in [0.2, 0.25) is 5.91 Å². The molecule has 0 bridgehead atoms. The first-order valence-corrected chi connectivity index (χ1v) is 10.6. The molecule has 32 heavy (non-hydrogen) atoms. The molecule has 1 aromatic carbocycles. The second-order valence-electron chi connectivity index (χ2n) is 9.28. The highest BCUT2D eigenvalue weighted by Crippen LogP contribution is 2.32. The molecule has 0 saturated carbocycles. The first-order valence-electron chi connectivity index (χ1n) is 10.6. The van der Waals surface area contributed by atoms with E-state index < -0.39 is 35.6 Å². The average molecular weight is 446 g/mol. The summed E-state index contributed by atoms with van der Waals surface area (Å²) in [5.74, 6) is -1.71. The molecule has 3 N–H and O–H groups in total. The molecular formula is C24H35N3O5. The summed E-state index contributed by atoms with van der Waals surface area (Å²) >= 11 is 0. The van der Waals surface area contributed by atoms with Crippen LogP contribution in [0.5, 0.6) is 5.75 Å². The quantitative estimate of drug-likeness (QED) is 0.441. The molecule has 0 aromatic heterocycles. The first kappa shape index (κ1) is 26.8. The molecule has 0 spiro atoms. The summed E-state index contributed by atoms with van der Waals surface area (Å²) in [6, 6.07) is 4.58. The summed E-state index contributed by atoms with van der Waals surface area (Å²) in [7, 11) is 0. The highest BCUT2D eigenvalue weighted by Gasteiger charge is 2.38. The zero-order chi connectivity index (χ0) is 24.8. The number of phenols is 1. The third kappa shape index (κ3) is 7.19. The minimum Gasteiger partial charge on any atom is -0.507 e. The summed E-state index contributed by atoms with van der Waals surface area (Å²) in [6.07, 6.45) is 4.91. The standard InChI is InChI=1S/C24H35N3O5/c1-10-27(22(30)18(14(2)3)26-23(31)32-24(7,8)9)19(21(29)25-15(4)5)17-13-11-12-16(6)20(17)28/h1,11-15,18-19,28H,2-9H3,(H,25,29)(H,26,31). The van der Waals surface area contributed by atoms with E-state index in [4.69, 9.17) is 11.2 Å². The van der Waals surface area contributed by atoms with Crippen molar-refractivity contribution in [2.45, 2.75) is 79.1 Å². The fraction of sp³-hybridized carbons (Fsp3) is 0.542. The first-order chi connectivity index (χ1) is 14.7. The molecule has 0 aliphatic rings. The average Bonchev–Trinajstić information content (AvgIpc) is 2.64. The summed E-state index contributed by atoms with van der Waals surface area (Å²) in [6.45, 7) is 13.8. The number of ether oxygens (including phenoxy) is 1. The number of phenolic OH excluding ortho intramolecular Hbond substituents is 1. The van der Waals surface area contributed by atoms with E-state index in [1.165, 1.54) is 6.07 Å². The zero-order valence-electron chi connectivity index (χ0n) is 20.1. The van der Waals surface area contributed by atoms with E-state index in [0.717, 1.165) is 4.90 Å². The lowest BCUT2D eigenvalue weighted by atomic mass is 9.97. The number of aromatic hydroxyl groups is 1. The number of hydrogen-bond acceptors (Lipinski definition) is 5. The van der Waals surface area contributed by atoms with Crippen molar-refractivity contribution in [3.05, 3.63) is 29.3 Å². The number of aryl methyl sites for hydroxylation is 1. The monoisotopic (exact) mass is 445 g/mol. The van der Waals surface area contributed by atoms with Gasteiger partial charge in [-0.3, -0.25) is 14.5 Å². The Morgan fingerprint density at radius 2 is 1.72 bits per heavy atom. The predicted octanol–water partition coefficient (Wildman–Crippen LogP) is 3.23. The molecule has 176 valence electrons. The summed E-state index contributed by atoms with van der Waals surface area (Å²) in [5, 5.41) is 15.9. The Morgan fingerprint density at radius 3 is 2.19 bits per heavy atom. The van der Waals surface area contributed by atoms with E-state index in [9.17, 15) is 19.5 Å². The topological polar surface area (TPSA) is 108 Å². The van der Waals surface area contributed by atoms with E-state index in [2.05, 4.69) is 16.7 Å². The molecule has 2 unspecified atom stereocenters. The van der Waals surface area contributed by atoms with Gasteiger partial charge in [-0.25, -0.2) is 4.79 Å². The van der Waals surface area contributed by atoms with Crippen molar-refractivity contribution in [1.82, 2.24) is 15.5 Å². The molecule has 0 heterocycles. The van der Waals surface area contributed by atoms with Gasteiger partial charge in [0.25, 0.3) is 5.91 Å². The van der Waals surface area contributed by atoms with Crippen LogP contribution in [0.1, 0.15) is 65.6 Å². The van der Waals surface area contributed by atoms with Crippen molar-refractivity contribution in [3.8, 4) is 18.2 Å². The predicted molar refractivity (Wildman–Crippen MR) is 123 cm³/mol. The maximum atomic E-state index is 13.5. The van der Waals surface area contributed by atoms with Crippen molar-refractivity contribution in [1.29, 1.82) is 0 Å². The van der Waals surface area contributed by atoms with E-state index in [1.54, 1.807) is 67.5 Å². The number of nitrogens with one attached hydrogen (secondary N) is 2. The van der Waals surface area contributed by atoms with E-state index in [1.807, 2.05) is 0 Å². The van der Waals surface area contributed by atoms with Gasteiger partial charge in [0.15, 0.2) is 6.04 Å². The van der Waals surface area contributed by atoms with E-state index >= 15 is 0 Å². The number of para-hydroxylation sites is 1. The fourth-order valence-corrected chi connectivity index (χ4v) is 3.03. The lowest BCUT2D eigenvalue weighted by Crippen LogP contribution is -2.53. The second kappa shape index (κ2) is 10.9. The molecule has 8 nitrogen and oxygen atoms in total. The zero-order valence-corrected chi connectivity index (χ0v) is 20.1. The van der Waals surface area contributed by atoms with Crippen molar-refractivity contribution < 1.29 is 24.2 Å². The van der Waals surface area contributed by atoms with Gasteiger partial charge in [0.1, 0.15) is 17.4 Å². The van der Waals surface area contributed by atoms with Crippen LogP contribution in [-0.4, -0.2) is 45.6 Å². The highest BCUT2D eigenvalue weighted by atomic mass is 16.6. The lowest BCUT2D eigenvalue weighted by Gasteiger charge is -2.32. The Kier molecular flexibility index (Phi) is 9.13. The van der Waals surface area contributed by atoms with Crippen LogP contribution in [0.4, 0.5) is 4.79 Å². The molecule has 8 heteroatoms. The highest BCUT2D eigenvalue weighted by molar-refractivity contribution is 5.94. The van der Waals surface area contributed by atoms with Gasteiger partial charge >= 0.3 is 6.09 Å². The van der Waals surface area contributed by atoms with Gasteiger partial charge in [-0.2, -0.15) is 0 Å². The molecule has 0 aliphatic heterocycles.